The maximum absolute atomic E-state index is 12.0. The molecule has 1 heterocycles. The summed E-state index contributed by atoms with van der Waals surface area (Å²) in [6.45, 7) is 7.73. The molecule has 1 aromatic heterocycles. The molecule has 20 heavy (non-hydrogen) atoms. The summed E-state index contributed by atoms with van der Waals surface area (Å²) in [6, 6.07) is 3.64. The Bertz CT molecular complexity index is 448. The van der Waals surface area contributed by atoms with Crippen LogP contribution in [0.2, 0.25) is 0 Å². The molecule has 0 aliphatic rings. The van der Waals surface area contributed by atoms with Crippen molar-refractivity contribution < 1.29 is 14.3 Å². The number of aromatic nitrogens is 1. The van der Waals surface area contributed by atoms with E-state index in [1.165, 1.54) is 7.11 Å². The van der Waals surface area contributed by atoms with E-state index in [-0.39, 0.29) is 12.1 Å². The van der Waals surface area contributed by atoms with Gasteiger partial charge in [0.25, 0.3) is 0 Å². The van der Waals surface area contributed by atoms with Crippen LogP contribution in [0.15, 0.2) is 18.3 Å². The molecule has 1 unspecified atom stereocenters. The Labute approximate surface area is 120 Å². The SMILES string of the molecule is CCCC(C)(Nc1ncccc1OC(C)C)C(=O)OC. The number of methoxy groups -OCH3 is 1. The summed E-state index contributed by atoms with van der Waals surface area (Å²) in [6.07, 6.45) is 3.21. The average molecular weight is 280 g/mol. The highest BCUT2D eigenvalue weighted by Gasteiger charge is 2.34. The van der Waals surface area contributed by atoms with Gasteiger partial charge in [0.15, 0.2) is 11.6 Å². The second-order valence-corrected chi connectivity index (χ2v) is 5.22. The van der Waals surface area contributed by atoms with Crippen LogP contribution in [0.1, 0.15) is 40.5 Å². The van der Waals surface area contributed by atoms with Gasteiger partial charge in [-0.15, -0.1) is 0 Å². The van der Waals surface area contributed by atoms with Gasteiger partial charge in [-0.3, -0.25) is 0 Å². The highest BCUT2D eigenvalue weighted by Crippen LogP contribution is 2.28. The molecule has 0 aliphatic heterocycles. The fourth-order valence-corrected chi connectivity index (χ4v) is 2.04. The first kappa shape index (κ1) is 16.3. The van der Waals surface area contributed by atoms with Crippen molar-refractivity contribution in [1.82, 2.24) is 4.98 Å². The predicted molar refractivity (Wildman–Crippen MR) is 79.0 cm³/mol. The van der Waals surface area contributed by atoms with Crippen molar-refractivity contribution >= 4 is 11.8 Å². The zero-order chi connectivity index (χ0) is 15.2. The van der Waals surface area contributed by atoms with Crippen LogP contribution in [0.25, 0.3) is 0 Å². The summed E-state index contributed by atoms with van der Waals surface area (Å²) in [4.78, 5) is 16.3. The van der Waals surface area contributed by atoms with Gasteiger partial charge in [-0.05, 0) is 39.3 Å². The number of pyridine rings is 1. The summed E-state index contributed by atoms with van der Waals surface area (Å²) in [5.41, 5.74) is -0.813. The smallest absolute Gasteiger partial charge is 0.331 e. The zero-order valence-electron chi connectivity index (χ0n) is 12.9. The number of esters is 1. The van der Waals surface area contributed by atoms with Gasteiger partial charge in [-0.1, -0.05) is 13.3 Å². The Morgan fingerprint density at radius 1 is 1.50 bits per heavy atom. The number of carbonyl (C=O) groups excluding carboxylic acids is 1. The van der Waals surface area contributed by atoms with Crippen molar-refractivity contribution in [2.75, 3.05) is 12.4 Å². The highest BCUT2D eigenvalue weighted by molar-refractivity contribution is 5.84. The van der Waals surface area contributed by atoms with Gasteiger partial charge >= 0.3 is 5.97 Å². The molecule has 0 saturated heterocycles. The Morgan fingerprint density at radius 2 is 2.20 bits per heavy atom. The fraction of sp³-hybridized carbons (Fsp3) is 0.600. The fourth-order valence-electron chi connectivity index (χ4n) is 2.04. The van der Waals surface area contributed by atoms with Crippen molar-refractivity contribution in [2.24, 2.45) is 0 Å². The number of nitrogens with zero attached hydrogens (tertiary/aromatic N) is 1. The number of hydrogen-bond donors (Lipinski definition) is 1. The summed E-state index contributed by atoms with van der Waals surface area (Å²) in [5, 5.41) is 3.17. The third kappa shape index (κ3) is 4.11. The van der Waals surface area contributed by atoms with E-state index in [1.807, 2.05) is 33.8 Å². The van der Waals surface area contributed by atoms with Crippen LogP contribution in [0.4, 0.5) is 5.82 Å². The monoisotopic (exact) mass is 280 g/mol. The normalized spacial score (nSPS) is 13.7. The van der Waals surface area contributed by atoms with Gasteiger partial charge in [0.2, 0.25) is 0 Å². The quantitative estimate of drug-likeness (QED) is 0.778. The van der Waals surface area contributed by atoms with Crippen molar-refractivity contribution in [3.05, 3.63) is 18.3 Å². The summed E-state index contributed by atoms with van der Waals surface area (Å²) in [7, 11) is 1.39. The molecule has 0 spiro atoms. The van der Waals surface area contributed by atoms with E-state index >= 15 is 0 Å². The lowest BCUT2D eigenvalue weighted by Crippen LogP contribution is -2.44. The van der Waals surface area contributed by atoms with Crippen LogP contribution in [0.3, 0.4) is 0 Å². The second kappa shape index (κ2) is 7.12. The minimum Gasteiger partial charge on any atom is -0.487 e. The van der Waals surface area contributed by atoms with Gasteiger partial charge < -0.3 is 14.8 Å². The molecule has 1 rings (SSSR count). The number of nitrogens with one attached hydrogen (secondary N) is 1. The molecule has 1 atom stereocenters. The third-order valence-corrected chi connectivity index (χ3v) is 2.91. The van der Waals surface area contributed by atoms with Gasteiger partial charge in [0.05, 0.1) is 13.2 Å². The van der Waals surface area contributed by atoms with Gasteiger partial charge in [-0.2, -0.15) is 0 Å². The molecule has 0 aromatic carbocycles. The number of ether oxygens (including phenoxy) is 2. The Balaban J connectivity index is 3.02. The number of carbonyl (C=O) groups is 1. The summed E-state index contributed by atoms with van der Waals surface area (Å²) in [5.74, 6) is 0.886. The topological polar surface area (TPSA) is 60.5 Å². The van der Waals surface area contributed by atoms with Crippen LogP contribution in [-0.2, 0) is 9.53 Å². The molecule has 0 amide bonds. The standard InChI is InChI=1S/C15H24N2O3/c1-6-9-15(4,14(18)19-5)17-13-12(20-11(2)3)8-7-10-16-13/h7-8,10-11H,6,9H2,1-5H3,(H,16,17). The molecule has 0 saturated carbocycles. The predicted octanol–water partition coefficient (Wildman–Crippen LogP) is 3.01. The van der Waals surface area contributed by atoms with Crippen LogP contribution in [0, 0.1) is 0 Å². The molecule has 0 aliphatic carbocycles. The molecular weight excluding hydrogens is 256 g/mol. The second-order valence-electron chi connectivity index (χ2n) is 5.22. The van der Waals surface area contributed by atoms with Crippen LogP contribution < -0.4 is 10.1 Å². The van der Waals surface area contributed by atoms with Crippen LogP contribution in [0.5, 0.6) is 5.75 Å². The molecule has 0 bridgehead atoms. The lowest BCUT2D eigenvalue weighted by Gasteiger charge is -2.29. The van der Waals surface area contributed by atoms with E-state index in [4.69, 9.17) is 9.47 Å². The van der Waals surface area contributed by atoms with Gasteiger partial charge in [0, 0.05) is 6.20 Å². The maximum atomic E-state index is 12.0. The van der Waals surface area contributed by atoms with E-state index in [0.29, 0.717) is 18.0 Å². The minimum absolute atomic E-state index is 0.0373. The molecule has 5 nitrogen and oxygen atoms in total. The lowest BCUT2D eigenvalue weighted by atomic mass is 9.96. The average Bonchev–Trinajstić information content (AvgIpc) is 2.39. The molecule has 112 valence electrons. The molecule has 1 N–H and O–H groups in total. The highest BCUT2D eigenvalue weighted by atomic mass is 16.5. The molecule has 0 radical (unpaired) electrons. The molecular formula is C15H24N2O3. The van der Waals surface area contributed by atoms with E-state index < -0.39 is 5.54 Å². The van der Waals surface area contributed by atoms with Gasteiger partial charge in [0.1, 0.15) is 5.54 Å². The maximum Gasteiger partial charge on any atom is 0.331 e. The Kier molecular flexibility index (Phi) is 5.80. The van der Waals surface area contributed by atoms with Crippen molar-refractivity contribution in [3.8, 4) is 5.75 Å². The van der Waals surface area contributed by atoms with Crippen LogP contribution in [-0.4, -0.2) is 29.7 Å². The van der Waals surface area contributed by atoms with Crippen molar-refractivity contribution in [3.63, 3.8) is 0 Å². The van der Waals surface area contributed by atoms with Gasteiger partial charge in [-0.25, -0.2) is 9.78 Å². The van der Waals surface area contributed by atoms with Crippen LogP contribution >= 0.6 is 0 Å². The molecule has 0 fully saturated rings. The van der Waals surface area contributed by atoms with E-state index in [0.717, 1.165) is 6.42 Å². The first-order valence-electron chi connectivity index (χ1n) is 6.91. The van der Waals surface area contributed by atoms with E-state index in [2.05, 4.69) is 10.3 Å². The molecule has 5 heteroatoms. The Morgan fingerprint density at radius 3 is 2.75 bits per heavy atom. The zero-order valence-corrected chi connectivity index (χ0v) is 12.9. The number of anilines is 1. The third-order valence-electron chi connectivity index (χ3n) is 2.91. The number of hydrogen-bond acceptors (Lipinski definition) is 5. The summed E-state index contributed by atoms with van der Waals surface area (Å²) >= 11 is 0. The Hall–Kier alpha value is -1.78. The van der Waals surface area contributed by atoms with E-state index in [9.17, 15) is 4.79 Å². The summed E-state index contributed by atoms with van der Waals surface area (Å²) < 4.78 is 10.6. The van der Waals surface area contributed by atoms with E-state index in [1.54, 1.807) is 12.3 Å². The molecule has 1 aromatic rings. The van der Waals surface area contributed by atoms with Crippen molar-refractivity contribution in [2.45, 2.75) is 52.2 Å². The first-order chi connectivity index (χ1) is 9.42. The first-order valence-corrected chi connectivity index (χ1v) is 6.91. The number of rotatable bonds is 7. The largest absolute Gasteiger partial charge is 0.487 e. The lowest BCUT2D eigenvalue weighted by molar-refractivity contribution is -0.145. The minimum atomic E-state index is -0.813. The van der Waals surface area contributed by atoms with Crippen molar-refractivity contribution in [1.29, 1.82) is 0 Å².